The van der Waals surface area contributed by atoms with Crippen molar-refractivity contribution in [3.8, 4) is 0 Å². The van der Waals surface area contributed by atoms with Crippen molar-refractivity contribution in [2.45, 2.75) is 38.5 Å². The molecular formula is C28H31N3O5. The maximum absolute atomic E-state index is 12.8. The van der Waals surface area contributed by atoms with E-state index in [1.807, 2.05) is 78.9 Å². The molecule has 3 amide bonds. The van der Waals surface area contributed by atoms with Gasteiger partial charge in [0.15, 0.2) is 0 Å². The van der Waals surface area contributed by atoms with Crippen molar-refractivity contribution in [1.82, 2.24) is 10.6 Å². The minimum Gasteiger partial charge on any atom is -0.445 e. The zero-order chi connectivity index (χ0) is 25.4. The molecule has 0 aliphatic heterocycles. The van der Waals surface area contributed by atoms with Crippen molar-refractivity contribution in [2.75, 3.05) is 11.9 Å². The lowest BCUT2D eigenvalue weighted by Gasteiger charge is -2.18. The molecule has 0 aliphatic rings. The van der Waals surface area contributed by atoms with E-state index in [1.54, 1.807) is 12.1 Å². The summed E-state index contributed by atoms with van der Waals surface area (Å²) in [6.45, 7) is 0.692. The number of amides is 3. The summed E-state index contributed by atoms with van der Waals surface area (Å²) in [7, 11) is 0. The van der Waals surface area contributed by atoms with Gasteiger partial charge in [-0.3, -0.25) is 4.79 Å². The molecule has 0 aromatic heterocycles. The van der Waals surface area contributed by atoms with Gasteiger partial charge in [-0.1, -0.05) is 78.9 Å². The van der Waals surface area contributed by atoms with Gasteiger partial charge in [0.25, 0.3) is 0 Å². The van der Waals surface area contributed by atoms with E-state index in [1.165, 1.54) is 0 Å². The van der Waals surface area contributed by atoms with Crippen molar-refractivity contribution in [1.29, 1.82) is 0 Å². The molecule has 36 heavy (non-hydrogen) atoms. The van der Waals surface area contributed by atoms with Gasteiger partial charge in [-0.2, -0.15) is 0 Å². The van der Waals surface area contributed by atoms with E-state index in [2.05, 4.69) is 16.0 Å². The number of nitrogens with one attached hydrogen (secondary N) is 3. The molecule has 3 rings (SSSR count). The number of carbonyl (C=O) groups excluding carboxylic acids is 3. The number of alkyl carbamates (subject to hydrolysis) is 2. The summed E-state index contributed by atoms with van der Waals surface area (Å²) in [5.74, 6) is -0.340. The smallest absolute Gasteiger partial charge is 0.408 e. The van der Waals surface area contributed by atoms with Gasteiger partial charge >= 0.3 is 12.2 Å². The molecule has 8 heteroatoms. The van der Waals surface area contributed by atoms with Gasteiger partial charge in [0.05, 0.1) is 0 Å². The van der Waals surface area contributed by atoms with Crippen LogP contribution in [0.5, 0.6) is 0 Å². The second-order valence-corrected chi connectivity index (χ2v) is 8.10. The first-order valence-corrected chi connectivity index (χ1v) is 11.9. The number of carbonyl (C=O) groups is 3. The SMILES string of the molecule is O=C(NCCCC[C@@H](NC(=O)OCc1ccccc1)C(=O)Nc1ccccc1)OCc1ccccc1. The molecule has 0 heterocycles. The lowest BCUT2D eigenvalue weighted by atomic mass is 10.1. The fraction of sp³-hybridized carbons (Fsp3) is 0.250. The number of rotatable bonds is 12. The molecule has 0 bridgehead atoms. The molecule has 0 saturated heterocycles. The molecular weight excluding hydrogens is 458 g/mol. The highest BCUT2D eigenvalue weighted by atomic mass is 16.6. The molecule has 0 radical (unpaired) electrons. The highest BCUT2D eigenvalue weighted by Crippen LogP contribution is 2.09. The predicted octanol–water partition coefficient (Wildman–Crippen LogP) is 5.02. The quantitative estimate of drug-likeness (QED) is 0.310. The Kier molecular flexibility index (Phi) is 10.8. The van der Waals surface area contributed by atoms with E-state index in [9.17, 15) is 14.4 Å². The molecule has 1 atom stereocenters. The maximum Gasteiger partial charge on any atom is 0.408 e. The van der Waals surface area contributed by atoms with Crippen LogP contribution < -0.4 is 16.0 Å². The van der Waals surface area contributed by atoms with Crippen LogP contribution in [-0.2, 0) is 27.5 Å². The number of ether oxygens (including phenoxy) is 2. The van der Waals surface area contributed by atoms with Crippen LogP contribution in [0.4, 0.5) is 15.3 Å². The summed E-state index contributed by atoms with van der Waals surface area (Å²) in [5.41, 5.74) is 2.39. The number of para-hydroxylation sites is 1. The lowest BCUT2D eigenvalue weighted by molar-refractivity contribution is -0.118. The largest absolute Gasteiger partial charge is 0.445 e. The minimum atomic E-state index is -0.793. The second-order valence-electron chi connectivity index (χ2n) is 8.10. The van der Waals surface area contributed by atoms with Crippen LogP contribution in [0.15, 0.2) is 91.0 Å². The Morgan fingerprint density at radius 2 is 1.19 bits per heavy atom. The highest BCUT2D eigenvalue weighted by molar-refractivity contribution is 5.96. The molecule has 0 spiro atoms. The molecule has 0 fully saturated rings. The average molecular weight is 490 g/mol. The van der Waals surface area contributed by atoms with Crippen LogP contribution in [0.3, 0.4) is 0 Å². The van der Waals surface area contributed by atoms with E-state index < -0.39 is 18.2 Å². The van der Waals surface area contributed by atoms with Gasteiger partial charge < -0.3 is 25.4 Å². The van der Waals surface area contributed by atoms with Crippen LogP contribution >= 0.6 is 0 Å². The summed E-state index contributed by atoms with van der Waals surface area (Å²) in [5, 5.41) is 8.18. The second kappa shape index (κ2) is 14.8. The van der Waals surface area contributed by atoms with E-state index in [0.717, 1.165) is 11.1 Å². The Hall–Kier alpha value is -4.33. The summed E-state index contributed by atoms with van der Waals surface area (Å²) in [6.07, 6.45) is 0.399. The molecule has 188 valence electrons. The van der Waals surface area contributed by atoms with Gasteiger partial charge in [0.1, 0.15) is 19.3 Å². The number of hydrogen-bond donors (Lipinski definition) is 3. The van der Waals surface area contributed by atoms with Gasteiger partial charge in [-0.25, -0.2) is 9.59 Å². The van der Waals surface area contributed by atoms with Crippen LogP contribution in [0, 0.1) is 0 Å². The normalized spacial score (nSPS) is 11.1. The Morgan fingerprint density at radius 1 is 0.667 bits per heavy atom. The molecule has 3 aromatic carbocycles. The molecule has 3 aromatic rings. The summed E-state index contributed by atoms with van der Waals surface area (Å²) >= 11 is 0. The third-order valence-corrected chi connectivity index (χ3v) is 5.26. The van der Waals surface area contributed by atoms with Gasteiger partial charge in [-0.15, -0.1) is 0 Å². The summed E-state index contributed by atoms with van der Waals surface area (Å²) in [6, 6.07) is 27.0. The van der Waals surface area contributed by atoms with Crippen molar-refractivity contribution in [3.05, 3.63) is 102 Å². The number of anilines is 1. The average Bonchev–Trinajstić information content (AvgIpc) is 2.91. The molecule has 0 aliphatic carbocycles. The standard InChI is InChI=1S/C28H31N3O5/c32-26(30-24-16-8-3-9-17-24)25(31-28(34)36-21-23-14-6-2-7-15-23)18-10-11-19-29-27(33)35-20-22-12-4-1-5-13-22/h1-9,12-17,25H,10-11,18-21H2,(H,29,33)(H,30,32)(H,31,34)/t25-/m1/s1. The molecule has 0 saturated carbocycles. The third kappa shape index (κ3) is 9.89. The Balaban J connectivity index is 1.43. The Bertz CT molecular complexity index is 1080. The predicted molar refractivity (Wildman–Crippen MR) is 137 cm³/mol. The fourth-order valence-electron chi connectivity index (χ4n) is 3.36. The van der Waals surface area contributed by atoms with E-state index in [0.29, 0.717) is 31.5 Å². The Morgan fingerprint density at radius 3 is 1.78 bits per heavy atom. The van der Waals surface area contributed by atoms with Crippen molar-refractivity contribution >= 4 is 23.8 Å². The Labute approximate surface area is 211 Å². The van der Waals surface area contributed by atoms with E-state index >= 15 is 0 Å². The fourth-order valence-corrected chi connectivity index (χ4v) is 3.36. The van der Waals surface area contributed by atoms with Crippen molar-refractivity contribution in [3.63, 3.8) is 0 Å². The highest BCUT2D eigenvalue weighted by Gasteiger charge is 2.21. The third-order valence-electron chi connectivity index (χ3n) is 5.26. The molecule has 8 nitrogen and oxygen atoms in total. The van der Waals surface area contributed by atoms with E-state index in [4.69, 9.17) is 9.47 Å². The van der Waals surface area contributed by atoms with Crippen LogP contribution in [0.2, 0.25) is 0 Å². The van der Waals surface area contributed by atoms with E-state index in [-0.39, 0.29) is 19.1 Å². The van der Waals surface area contributed by atoms with Gasteiger partial charge in [0, 0.05) is 12.2 Å². The lowest BCUT2D eigenvalue weighted by Crippen LogP contribution is -2.44. The van der Waals surface area contributed by atoms with Crippen LogP contribution in [0.1, 0.15) is 30.4 Å². The molecule has 0 unspecified atom stereocenters. The topological polar surface area (TPSA) is 106 Å². The van der Waals surface area contributed by atoms with Crippen LogP contribution in [-0.4, -0.2) is 30.7 Å². The first-order valence-electron chi connectivity index (χ1n) is 11.9. The zero-order valence-electron chi connectivity index (χ0n) is 20.0. The zero-order valence-corrected chi connectivity index (χ0v) is 20.0. The van der Waals surface area contributed by atoms with Gasteiger partial charge in [-0.05, 0) is 42.5 Å². The minimum absolute atomic E-state index is 0.106. The first kappa shape index (κ1) is 26.3. The summed E-state index contributed by atoms with van der Waals surface area (Å²) in [4.78, 5) is 37.1. The first-order chi connectivity index (χ1) is 17.6. The van der Waals surface area contributed by atoms with Crippen LogP contribution in [0.25, 0.3) is 0 Å². The number of hydrogen-bond acceptors (Lipinski definition) is 5. The van der Waals surface area contributed by atoms with Gasteiger partial charge in [0.2, 0.25) is 5.91 Å². The monoisotopic (exact) mass is 489 g/mol. The number of unbranched alkanes of at least 4 members (excludes halogenated alkanes) is 1. The number of benzene rings is 3. The van der Waals surface area contributed by atoms with Crippen molar-refractivity contribution in [2.24, 2.45) is 0 Å². The molecule has 3 N–H and O–H groups in total. The maximum atomic E-state index is 12.8. The summed E-state index contributed by atoms with van der Waals surface area (Å²) < 4.78 is 10.5. The van der Waals surface area contributed by atoms with Crippen molar-refractivity contribution < 1.29 is 23.9 Å².